The largest absolute Gasteiger partial charge is 0.294 e. The van der Waals surface area contributed by atoms with E-state index in [2.05, 4.69) is 37.9 Å². The Balaban J connectivity index is 1.42. The molecular weight excluding hydrogens is 316 g/mol. The van der Waals surface area contributed by atoms with Gasteiger partial charge in [0.1, 0.15) is 0 Å². The standard InChI is InChI=1S/C24H36N2/c1-23-13-6-7-18(23)17-9-10-22-24(2,19(17)11-14-23)15-12-21(26(22)3)20-8-4-5-16-25-20/h4-5,8,16-19,21-22H,6-7,9-15H2,1-3H3/t17-,18-,19-,21-,22+,23-,24+/m0/s1. The Morgan fingerprint density at radius 2 is 1.85 bits per heavy atom. The van der Waals surface area contributed by atoms with Crippen molar-refractivity contribution in [2.75, 3.05) is 7.05 Å². The fraction of sp³-hybridized carbons (Fsp3) is 0.792. The third-order valence-electron chi connectivity index (χ3n) is 9.57. The van der Waals surface area contributed by atoms with Crippen molar-refractivity contribution >= 4 is 0 Å². The van der Waals surface area contributed by atoms with Gasteiger partial charge in [-0.2, -0.15) is 0 Å². The van der Waals surface area contributed by atoms with E-state index in [1.165, 1.54) is 63.5 Å². The van der Waals surface area contributed by atoms with Crippen molar-refractivity contribution in [3.05, 3.63) is 30.1 Å². The molecule has 142 valence electrons. The Morgan fingerprint density at radius 1 is 0.962 bits per heavy atom. The lowest BCUT2D eigenvalue weighted by Crippen LogP contribution is -2.60. The minimum absolute atomic E-state index is 0.520. The van der Waals surface area contributed by atoms with Crippen LogP contribution in [-0.2, 0) is 0 Å². The molecule has 5 rings (SSSR count). The number of piperidine rings is 1. The van der Waals surface area contributed by atoms with E-state index in [0.717, 1.165) is 23.8 Å². The lowest BCUT2D eigenvalue weighted by Gasteiger charge is -2.62. The topological polar surface area (TPSA) is 16.1 Å². The maximum absolute atomic E-state index is 4.71. The van der Waals surface area contributed by atoms with Crippen LogP contribution < -0.4 is 0 Å². The highest BCUT2D eigenvalue weighted by Crippen LogP contribution is 2.65. The zero-order valence-electron chi connectivity index (χ0n) is 17.0. The van der Waals surface area contributed by atoms with E-state index in [-0.39, 0.29) is 0 Å². The second-order valence-corrected chi connectivity index (χ2v) is 10.5. The van der Waals surface area contributed by atoms with Crippen LogP contribution in [0.4, 0.5) is 0 Å². The molecule has 0 aromatic carbocycles. The Morgan fingerprint density at radius 3 is 2.65 bits per heavy atom. The van der Waals surface area contributed by atoms with Crippen LogP contribution in [0.15, 0.2) is 24.4 Å². The molecule has 0 bridgehead atoms. The van der Waals surface area contributed by atoms with Gasteiger partial charge in [-0.1, -0.05) is 26.3 Å². The molecular formula is C24H36N2. The Hall–Kier alpha value is -0.890. The van der Waals surface area contributed by atoms with E-state index in [4.69, 9.17) is 4.98 Å². The second kappa shape index (κ2) is 6.06. The van der Waals surface area contributed by atoms with Crippen molar-refractivity contribution in [1.29, 1.82) is 0 Å². The number of rotatable bonds is 1. The number of aromatic nitrogens is 1. The molecule has 0 unspecified atom stereocenters. The van der Waals surface area contributed by atoms with Gasteiger partial charge in [-0.15, -0.1) is 0 Å². The molecule has 2 nitrogen and oxygen atoms in total. The normalized spacial score (nSPS) is 48.5. The van der Waals surface area contributed by atoms with Gasteiger partial charge in [0.25, 0.3) is 0 Å². The lowest BCUT2D eigenvalue weighted by molar-refractivity contribution is -0.130. The van der Waals surface area contributed by atoms with Gasteiger partial charge in [-0.3, -0.25) is 9.88 Å². The summed E-state index contributed by atoms with van der Waals surface area (Å²) in [6.45, 7) is 5.29. The van der Waals surface area contributed by atoms with Crippen molar-refractivity contribution in [2.24, 2.45) is 28.6 Å². The molecule has 4 fully saturated rings. The van der Waals surface area contributed by atoms with Crippen LogP contribution >= 0.6 is 0 Å². The van der Waals surface area contributed by atoms with Crippen LogP contribution in [-0.4, -0.2) is 23.0 Å². The highest BCUT2D eigenvalue weighted by Gasteiger charge is 2.59. The fourth-order valence-electron chi connectivity index (χ4n) is 8.25. The summed E-state index contributed by atoms with van der Waals surface area (Å²) < 4.78 is 0. The van der Waals surface area contributed by atoms with Crippen molar-refractivity contribution in [2.45, 2.75) is 83.7 Å². The Kier molecular flexibility index (Phi) is 4.01. The SMILES string of the molecule is CN1[C@H](c2ccccn2)CC[C@]2(C)[C@H]3CC[C@]4(C)CCC[C@H]4[C@@H]3CC[C@@H]12. The van der Waals surface area contributed by atoms with Crippen LogP contribution in [0.1, 0.15) is 83.4 Å². The molecule has 1 aliphatic heterocycles. The first-order chi connectivity index (χ1) is 12.5. The van der Waals surface area contributed by atoms with Gasteiger partial charge in [-0.25, -0.2) is 0 Å². The summed E-state index contributed by atoms with van der Waals surface area (Å²) in [5.41, 5.74) is 2.49. The molecule has 1 aromatic rings. The van der Waals surface area contributed by atoms with Gasteiger partial charge in [0, 0.05) is 12.2 Å². The van der Waals surface area contributed by atoms with Crippen LogP contribution in [0.5, 0.6) is 0 Å². The van der Waals surface area contributed by atoms with E-state index >= 15 is 0 Å². The van der Waals surface area contributed by atoms with E-state index in [0.29, 0.717) is 16.9 Å². The van der Waals surface area contributed by atoms with Crippen molar-refractivity contribution in [1.82, 2.24) is 9.88 Å². The highest BCUT2D eigenvalue weighted by atomic mass is 15.2. The molecule has 3 aliphatic carbocycles. The maximum Gasteiger partial charge on any atom is 0.0575 e. The average Bonchev–Trinajstić information content (AvgIpc) is 3.04. The van der Waals surface area contributed by atoms with E-state index in [1.807, 2.05) is 12.3 Å². The molecule has 7 atom stereocenters. The molecule has 2 heterocycles. The highest BCUT2D eigenvalue weighted by molar-refractivity contribution is 5.15. The van der Waals surface area contributed by atoms with Gasteiger partial charge in [0.2, 0.25) is 0 Å². The molecule has 26 heavy (non-hydrogen) atoms. The zero-order valence-corrected chi connectivity index (χ0v) is 17.0. The predicted molar refractivity (Wildman–Crippen MR) is 107 cm³/mol. The smallest absolute Gasteiger partial charge is 0.0575 e. The Labute approximate surface area is 159 Å². The predicted octanol–water partition coefficient (Wildman–Crippen LogP) is 5.85. The molecule has 1 saturated heterocycles. The molecule has 0 spiro atoms. The first kappa shape index (κ1) is 17.2. The van der Waals surface area contributed by atoms with Crippen LogP contribution in [0.25, 0.3) is 0 Å². The number of pyridine rings is 1. The second-order valence-electron chi connectivity index (χ2n) is 10.5. The molecule has 2 heteroatoms. The molecule has 0 radical (unpaired) electrons. The summed E-state index contributed by atoms with van der Waals surface area (Å²) in [6, 6.07) is 7.70. The van der Waals surface area contributed by atoms with Gasteiger partial charge >= 0.3 is 0 Å². The number of hydrogen-bond acceptors (Lipinski definition) is 2. The summed E-state index contributed by atoms with van der Waals surface area (Å²) in [5.74, 6) is 3.00. The third-order valence-corrected chi connectivity index (χ3v) is 9.57. The first-order valence-electron chi connectivity index (χ1n) is 11.2. The summed E-state index contributed by atoms with van der Waals surface area (Å²) in [5, 5.41) is 0. The van der Waals surface area contributed by atoms with Crippen LogP contribution in [0, 0.1) is 28.6 Å². The molecule has 0 amide bonds. The molecule has 0 N–H and O–H groups in total. The van der Waals surface area contributed by atoms with Gasteiger partial charge in [0.15, 0.2) is 0 Å². The number of likely N-dealkylation sites (tertiary alicyclic amines) is 1. The summed E-state index contributed by atoms with van der Waals surface area (Å²) >= 11 is 0. The van der Waals surface area contributed by atoms with Gasteiger partial charge < -0.3 is 0 Å². The number of hydrogen-bond donors (Lipinski definition) is 0. The third kappa shape index (κ3) is 2.37. The van der Waals surface area contributed by atoms with E-state index in [9.17, 15) is 0 Å². The van der Waals surface area contributed by atoms with Crippen LogP contribution in [0.2, 0.25) is 0 Å². The number of fused-ring (bicyclic) bond motifs is 5. The lowest BCUT2D eigenvalue weighted by atomic mass is 9.47. The first-order valence-corrected chi connectivity index (χ1v) is 11.2. The average molecular weight is 353 g/mol. The summed E-state index contributed by atoms with van der Waals surface area (Å²) in [6.07, 6.45) is 15.0. The van der Waals surface area contributed by atoms with Crippen molar-refractivity contribution in [3.8, 4) is 0 Å². The van der Waals surface area contributed by atoms with Gasteiger partial charge in [-0.05, 0) is 99.1 Å². The zero-order chi connectivity index (χ0) is 17.9. The Bertz CT molecular complexity index is 657. The van der Waals surface area contributed by atoms with Crippen molar-refractivity contribution < 1.29 is 0 Å². The molecule has 3 saturated carbocycles. The molecule has 1 aromatic heterocycles. The minimum atomic E-state index is 0.520. The van der Waals surface area contributed by atoms with Gasteiger partial charge in [0.05, 0.1) is 11.7 Å². The maximum atomic E-state index is 4.71. The van der Waals surface area contributed by atoms with Crippen LogP contribution in [0.3, 0.4) is 0 Å². The number of nitrogens with zero attached hydrogens (tertiary/aromatic N) is 2. The quantitative estimate of drug-likeness (QED) is 0.630. The molecule has 4 aliphatic rings. The fourth-order valence-corrected chi connectivity index (χ4v) is 8.25. The van der Waals surface area contributed by atoms with E-state index in [1.54, 1.807) is 0 Å². The van der Waals surface area contributed by atoms with E-state index < -0.39 is 0 Å². The summed E-state index contributed by atoms with van der Waals surface area (Å²) in [4.78, 5) is 7.43. The summed E-state index contributed by atoms with van der Waals surface area (Å²) in [7, 11) is 2.39. The minimum Gasteiger partial charge on any atom is -0.294 e. The van der Waals surface area contributed by atoms with Crippen molar-refractivity contribution in [3.63, 3.8) is 0 Å². The monoisotopic (exact) mass is 352 g/mol.